The number of nitrogens with one attached hydrogen (secondary N) is 2. The fraction of sp³-hybridized carbons (Fsp3) is 0.294. The molecule has 5 nitrogen and oxygen atoms in total. The first-order valence-corrected chi connectivity index (χ1v) is 7.37. The molecule has 0 spiro atoms. The van der Waals surface area contributed by atoms with Crippen molar-refractivity contribution in [2.45, 2.75) is 20.3 Å². The molecular formula is C17H21N3O2. The Morgan fingerprint density at radius 2 is 2.14 bits per heavy atom. The number of anilines is 1. The Morgan fingerprint density at radius 3 is 2.86 bits per heavy atom. The average Bonchev–Trinajstić information content (AvgIpc) is 2.52. The topological polar surface area (TPSA) is 63.2 Å². The molecule has 0 radical (unpaired) electrons. The number of benzene rings is 1. The van der Waals surface area contributed by atoms with E-state index in [2.05, 4.69) is 15.6 Å². The summed E-state index contributed by atoms with van der Waals surface area (Å²) in [5.74, 6) is 0.786. The van der Waals surface area contributed by atoms with Gasteiger partial charge in [-0.2, -0.15) is 0 Å². The maximum absolute atomic E-state index is 11.9. The van der Waals surface area contributed by atoms with Gasteiger partial charge in [-0.15, -0.1) is 0 Å². The third-order valence-electron chi connectivity index (χ3n) is 3.14. The second kappa shape index (κ2) is 8.02. The van der Waals surface area contributed by atoms with Gasteiger partial charge in [-0.1, -0.05) is 12.1 Å². The highest BCUT2D eigenvalue weighted by molar-refractivity contribution is 5.89. The summed E-state index contributed by atoms with van der Waals surface area (Å²) in [4.78, 5) is 16.1. The first kappa shape index (κ1) is 15.8. The van der Waals surface area contributed by atoms with Gasteiger partial charge in [-0.3, -0.25) is 4.98 Å². The number of aromatic nitrogens is 1. The van der Waals surface area contributed by atoms with Crippen LogP contribution < -0.4 is 15.4 Å². The number of carbonyl (C=O) groups excluding carboxylic acids is 1. The van der Waals surface area contributed by atoms with Crippen molar-refractivity contribution < 1.29 is 9.53 Å². The number of amides is 2. The molecule has 2 N–H and O–H groups in total. The number of pyridine rings is 1. The van der Waals surface area contributed by atoms with E-state index in [1.54, 1.807) is 6.20 Å². The van der Waals surface area contributed by atoms with E-state index in [0.717, 1.165) is 17.0 Å². The maximum Gasteiger partial charge on any atom is 0.319 e. The number of urea groups is 1. The van der Waals surface area contributed by atoms with Crippen molar-refractivity contribution in [3.63, 3.8) is 0 Å². The zero-order chi connectivity index (χ0) is 15.8. The first-order valence-electron chi connectivity index (χ1n) is 7.37. The van der Waals surface area contributed by atoms with Gasteiger partial charge in [0.2, 0.25) is 0 Å². The second-order valence-electron chi connectivity index (χ2n) is 4.87. The molecule has 0 atom stereocenters. The SMILES string of the molecule is CCOc1cc(NC(=O)NCCc2ccccn2)ccc1C. The standard InChI is InChI=1S/C17H21N3O2/c1-3-22-16-12-15(8-7-13(16)2)20-17(21)19-11-9-14-6-4-5-10-18-14/h4-8,10,12H,3,9,11H2,1-2H3,(H2,19,20,21). The zero-order valence-electron chi connectivity index (χ0n) is 12.9. The van der Waals surface area contributed by atoms with Gasteiger partial charge in [-0.25, -0.2) is 4.79 Å². The van der Waals surface area contributed by atoms with Crippen LogP contribution >= 0.6 is 0 Å². The van der Waals surface area contributed by atoms with Gasteiger partial charge in [0.15, 0.2) is 0 Å². The Balaban J connectivity index is 1.83. The summed E-state index contributed by atoms with van der Waals surface area (Å²) < 4.78 is 5.52. The highest BCUT2D eigenvalue weighted by atomic mass is 16.5. The lowest BCUT2D eigenvalue weighted by Crippen LogP contribution is -2.30. The number of nitrogens with zero attached hydrogens (tertiary/aromatic N) is 1. The van der Waals surface area contributed by atoms with Crippen molar-refractivity contribution in [3.05, 3.63) is 53.9 Å². The van der Waals surface area contributed by atoms with Crippen molar-refractivity contribution in [3.8, 4) is 5.75 Å². The van der Waals surface area contributed by atoms with Crippen LogP contribution in [-0.4, -0.2) is 24.2 Å². The van der Waals surface area contributed by atoms with E-state index in [4.69, 9.17) is 4.74 Å². The van der Waals surface area contributed by atoms with Crippen molar-refractivity contribution >= 4 is 11.7 Å². The van der Waals surface area contributed by atoms with Gasteiger partial charge in [-0.05, 0) is 37.6 Å². The largest absolute Gasteiger partial charge is 0.494 e. The number of carbonyl (C=O) groups is 1. The van der Waals surface area contributed by atoms with Gasteiger partial charge in [0.25, 0.3) is 0 Å². The van der Waals surface area contributed by atoms with E-state index in [-0.39, 0.29) is 6.03 Å². The molecule has 2 amide bonds. The first-order chi connectivity index (χ1) is 10.7. The zero-order valence-corrected chi connectivity index (χ0v) is 12.9. The molecule has 0 saturated heterocycles. The average molecular weight is 299 g/mol. The van der Waals surface area contributed by atoms with E-state index in [0.29, 0.717) is 25.3 Å². The predicted molar refractivity (Wildman–Crippen MR) is 87.3 cm³/mol. The van der Waals surface area contributed by atoms with Crippen molar-refractivity contribution in [2.75, 3.05) is 18.5 Å². The van der Waals surface area contributed by atoms with Crippen LogP contribution in [0.2, 0.25) is 0 Å². The van der Waals surface area contributed by atoms with E-state index in [1.807, 2.05) is 50.2 Å². The third-order valence-corrected chi connectivity index (χ3v) is 3.14. The molecule has 0 bridgehead atoms. The van der Waals surface area contributed by atoms with Gasteiger partial charge in [0.1, 0.15) is 5.75 Å². The maximum atomic E-state index is 11.9. The summed E-state index contributed by atoms with van der Waals surface area (Å²) in [5.41, 5.74) is 2.71. The molecule has 1 heterocycles. The Labute approximate surface area is 130 Å². The number of aryl methyl sites for hydroxylation is 1. The van der Waals surface area contributed by atoms with Crippen molar-refractivity contribution in [2.24, 2.45) is 0 Å². The summed E-state index contributed by atoms with van der Waals surface area (Å²) in [6.45, 7) is 5.04. The summed E-state index contributed by atoms with van der Waals surface area (Å²) in [6.07, 6.45) is 2.45. The van der Waals surface area contributed by atoms with Crippen LogP contribution in [0.3, 0.4) is 0 Å². The van der Waals surface area contributed by atoms with Crippen LogP contribution in [0, 0.1) is 6.92 Å². The van der Waals surface area contributed by atoms with E-state index < -0.39 is 0 Å². The lowest BCUT2D eigenvalue weighted by Gasteiger charge is -2.11. The van der Waals surface area contributed by atoms with Gasteiger partial charge in [0.05, 0.1) is 6.61 Å². The predicted octanol–water partition coefficient (Wildman–Crippen LogP) is 3.15. The molecule has 2 aromatic rings. The molecule has 116 valence electrons. The molecule has 0 fully saturated rings. The van der Waals surface area contributed by atoms with E-state index in [9.17, 15) is 4.79 Å². The van der Waals surface area contributed by atoms with Crippen LogP contribution in [0.4, 0.5) is 10.5 Å². The summed E-state index contributed by atoms with van der Waals surface area (Å²) >= 11 is 0. The van der Waals surface area contributed by atoms with Crippen LogP contribution in [0.5, 0.6) is 5.75 Å². The van der Waals surface area contributed by atoms with E-state index >= 15 is 0 Å². The van der Waals surface area contributed by atoms with Gasteiger partial charge < -0.3 is 15.4 Å². The minimum Gasteiger partial charge on any atom is -0.494 e. The summed E-state index contributed by atoms with van der Waals surface area (Å²) in [7, 11) is 0. The second-order valence-corrected chi connectivity index (χ2v) is 4.87. The van der Waals surface area contributed by atoms with Crippen LogP contribution in [0.1, 0.15) is 18.2 Å². The quantitative estimate of drug-likeness (QED) is 0.861. The van der Waals surface area contributed by atoms with Gasteiger partial charge in [0, 0.05) is 36.6 Å². The van der Waals surface area contributed by atoms with Crippen LogP contribution in [-0.2, 0) is 6.42 Å². The van der Waals surface area contributed by atoms with E-state index in [1.165, 1.54) is 0 Å². The van der Waals surface area contributed by atoms with Crippen molar-refractivity contribution in [1.82, 2.24) is 10.3 Å². The summed E-state index contributed by atoms with van der Waals surface area (Å²) in [5, 5.41) is 5.62. The normalized spacial score (nSPS) is 10.1. The lowest BCUT2D eigenvalue weighted by atomic mass is 10.2. The Bertz CT molecular complexity index is 615. The Morgan fingerprint density at radius 1 is 1.27 bits per heavy atom. The number of rotatable bonds is 6. The highest BCUT2D eigenvalue weighted by Crippen LogP contribution is 2.22. The van der Waals surface area contributed by atoms with Gasteiger partial charge >= 0.3 is 6.03 Å². The molecule has 2 rings (SSSR count). The minimum atomic E-state index is -0.234. The Hall–Kier alpha value is -2.56. The molecule has 1 aromatic carbocycles. The number of hydrogen-bond acceptors (Lipinski definition) is 3. The highest BCUT2D eigenvalue weighted by Gasteiger charge is 2.05. The molecule has 0 aliphatic rings. The molecule has 0 aliphatic carbocycles. The summed E-state index contributed by atoms with van der Waals surface area (Å²) in [6, 6.07) is 11.1. The molecule has 22 heavy (non-hydrogen) atoms. The monoisotopic (exact) mass is 299 g/mol. The molecule has 0 saturated carbocycles. The molecule has 0 aliphatic heterocycles. The third kappa shape index (κ3) is 4.77. The molecule has 1 aromatic heterocycles. The lowest BCUT2D eigenvalue weighted by molar-refractivity contribution is 0.252. The number of hydrogen-bond donors (Lipinski definition) is 2. The molecule has 5 heteroatoms. The number of ether oxygens (including phenoxy) is 1. The molecule has 0 unspecified atom stereocenters. The fourth-order valence-corrected chi connectivity index (χ4v) is 2.01. The Kier molecular flexibility index (Phi) is 5.77. The molecular weight excluding hydrogens is 278 g/mol. The van der Waals surface area contributed by atoms with Crippen LogP contribution in [0.25, 0.3) is 0 Å². The minimum absolute atomic E-state index is 0.234. The fourth-order valence-electron chi connectivity index (χ4n) is 2.01. The smallest absolute Gasteiger partial charge is 0.319 e. The van der Waals surface area contributed by atoms with Crippen molar-refractivity contribution in [1.29, 1.82) is 0 Å². The van der Waals surface area contributed by atoms with Crippen LogP contribution in [0.15, 0.2) is 42.6 Å².